The maximum atomic E-state index is 6.04. The highest BCUT2D eigenvalue weighted by Gasteiger charge is 2.07. The maximum absolute atomic E-state index is 6.04. The molecule has 30 heavy (non-hydrogen) atoms. The van der Waals surface area contributed by atoms with Crippen molar-refractivity contribution in [3.63, 3.8) is 0 Å². The van der Waals surface area contributed by atoms with Gasteiger partial charge in [-0.05, 0) is 63.4 Å². The Balaban J connectivity index is 1.70. The minimum atomic E-state index is 0.587. The summed E-state index contributed by atoms with van der Waals surface area (Å²) in [6.45, 7) is 8.96. The zero-order chi connectivity index (χ0) is 21.6. The van der Waals surface area contributed by atoms with Gasteiger partial charge in [0, 0.05) is 12.1 Å². The first kappa shape index (κ1) is 23.5. The molecule has 1 N–H and O–H groups in total. The number of ether oxygens (including phenoxy) is 2. The first-order valence-corrected chi connectivity index (χ1v) is 10.5. The van der Waals surface area contributed by atoms with E-state index in [-0.39, 0.29) is 0 Å². The Morgan fingerprint density at radius 2 is 1.77 bits per heavy atom. The van der Waals surface area contributed by atoms with E-state index in [1.54, 1.807) is 7.11 Å². The van der Waals surface area contributed by atoms with Crippen LogP contribution in [0.3, 0.4) is 0 Å². The van der Waals surface area contributed by atoms with Gasteiger partial charge in [0.15, 0.2) is 0 Å². The lowest BCUT2D eigenvalue weighted by Gasteiger charge is -2.14. The van der Waals surface area contributed by atoms with Crippen LogP contribution < -0.4 is 14.8 Å². The van der Waals surface area contributed by atoms with Gasteiger partial charge in [-0.25, -0.2) is 0 Å². The zero-order valence-corrected chi connectivity index (χ0v) is 18.6. The van der Waals surface area contributed by atoms with E-state index in [1.807, 2.05) is 61.5 Å². The third kappa shape index (κ3) is 7.91. The van der Waals surface area contributed by atoms with E-state index in [1.165, 1.54) is 0 Å². The molecule has 0 amide bonds. The van der Waals surface area contributed by atoms with Crippen LogP contribution in [0.5, 0.6) is 11.5 Å². The Morgan fingerprint density at radius 1 is 1.03 bits per heavy atom. The van der Waals surface area contributed by atoms with Crippen LogP contribution >= 0.6 is 0 Å². The molecule has 0 aliphatic carbocycles. The molecule has 2 rings (SSSR count). The van der Waals surface area contributed by atoms with Crippen LogP contribution in [0.25, 0.3) is 0 Å². The molecule has 0 aliphatic rings. The number of oxime groups is 1. The van der Waals surface area contributed by atoms with Gasteiger partial charge < -0.3 is 19.6 Å². The minimum absolute atomic E-state index is 0.587. The number of unbranched alkanes of at least 4 members (excludes halogenated alkanes) is 1. The summed E-state index contributed by atoms with van der Waals surface area (Å²) in [6.07, 6.45) is 5.98. The summed E-state index contributed by atoms with van der Waals surface area (Å²) in [5.41, 5.74) is 4.18. The van der Waals surface area contributed by atoms with Crippen LogP contribution in [-0.2, 0) is 4.84 Å². The van der Waals surface area contributed by atoms with Crippen LogP contribution in [0.1, 0.15) is 36.5 Å². The molecular formula is C25H34N2O3. The smallest absolute Gasteiger partial charge is 0.125 e. The number of aryl methyl sites for hydroxylation is 2. The number of rotatable bonds is 13. The molecule has 0 atom stereocenters. The molecule has 162 valence electrons. The van der Waals surface area contributed by atoms with E-state index in [0.717, 1.165) is 53.3 Å². The molecule has 0 saturated carbocycles. The maximum Gasteiger partial charge on any atom is 0.125 e. The highest BCUT2D eigenvalue weighted by Crippen LogP contribution is 2.28. The average Bonchev–Trinajstić information content (AvgIpc) is 2.74. The summed E-state index contributed by atoms with van der Waals surface area (Å²) in [6, 6.07) is 14.1. The first-order chi connectivity index (χ1) is 14.7. The standard InChI is InChI=1S/C25H34N2O3/c1-5-6-15-29-23-17-20(2)25(21(3)18-23)30-16-11-10-14-26-19-24(27-28-4)22-12-8-7-9-13-22/h5-9,12-13,17-18,26H,10-11,14-16,19H2,1-4H3/b6-5+,27-24?. The summed E-state index contributed by atoms with van der Waals surface area (Å²) in [5.74, 6) is 1.84. The van der Waals surface area contributed by atoms with Gasteiger partial charge in [-0.1, -0.05) is 47.6 Å². The summed E-state index contributed by atoms with van der Waals surface area (Å²) in [4.78, 5) is 4.98. The highest BCUT2D eigenvalue weighted by molar-refractivity contribution is 6.01. The summed E-state index contributed by atoms with van der Waals surface area (Å²) in [7, 11) is 1.57. The fourth-order valence-corrected chi connectivity index (χ4v) is 3.12. The molecule has 5 heteroatoms. The summed E-state index contributed by atoms with van der Waals surface area (Å²) < 4.78 is 11.8. The van der Waals surface area contributed by atoms with Crippen LogP contribution in [-0.4, -0.2) is 39.1 Å². The van der Waals surface area contributed by atoms with Crippen molar-refractivity contribution in [3.05, 3.63) is 71.3 Å². The van der Waals surface area contributed by atoms with Gasteiger partial charge in [-0.2, -0.15) is 0 Å². The molecule has 5 nitrogen and oxygen atoms in total. The molecule has 0 aliphatic heterocycles. The Morgan fingerprint density at radius 3 is 2.43 bits per heavy atom. The van der Waals surface area contributed by atoms with Crippen molar-refractivity contribution < 1.29 is 14.3 Å². The molecule has 0 unspecified atom stereocenters. The molecule has 0 saturated heterocycles. The van der Waals surface area contributed by atoms with Gasteiger partial charge in [0.05, 0.1) is 6.61 Å². The van der Waals surface area contributed by atoms with Crippen molar-refractivity contribution in [2.45, 2.75) is 33.6 Å². The predicted molar refractivity (Wildman–Crippen MR) is 124 cm³/mol. The molecular weight excluding hydrogens is 376 g/mol. The average molecular weight is 411 g/mol. The number of benzene rings is 2. The second-order valence-corrected chi connectivity index (χ2v) is 7.09. The Hall–Kier alpha value is -2.79. The van der Waals surface area contributed by atoms with E-state index in [9.17, 15) is 0 Å². The third-order valence-electron chi connectivity index (χ3n) is 4.61. The monoisotopic (exact) mass is 410 g/mol. The van der Waals surface area contributed by atoms with E-state index in [0.29, 0.717) is 19.8 Å². The van der Waals surface area contributed by atoms with Gasteiger partial charge >= 0.3 is 0 Å². The van der Waals surface area contributed by atoms with E-state index in [2.05, 4.69) is 24.3 Å². The van der Waals surface area contributed by atoms with Crippen LogP contribution in [0, 0.1) is 13.8 Å². The quantitative estimate of drug-likeness (QED) is 0.217. The lowest BCUT2D eigenvalue weighted by molar-refractivity contribution is 0.213. The Labute approximate surface area is 180 Å². The number of hydrogen-bond acceptors (Lipinski definition) is 5. The molecule has 0 radical (unpaired) electrons. The third-order valence-corrected chi connectivity index (χ3v) is 4.61. The fraction of sp³-hybridized carbons (Fsp3) is 0.400. The van der Waals surface area contributed by atoms with E-state index in [4.69, 9.17) is 14.3 Å². The molecule has 2 aromatic carbocycles. The van der Waals surface area contributed by atoms with Crippen LogP contribution in [0.4, 0.5) is 0 Å². The summed E-state index contributed by atoms with van der Waals surface area (Å²) in [5, 5.41) is 7.57. The fourth-order valence-electron chi connectivity index (χ4n) is 3.12. The first-order valence-electron chi connectivity index (χ1n) is 10.5. The highest BCUT2D eigenvalue weighted by atomic mass is 16.6. The van der Waals surface area contributed by atoms with Gasteiger partial charge in [0.25, 0.3) is 0 Å². The largest absolute Gasteiger partial charge is 0.493 e. The predicted octanol–water partition coefficient (Wildman–Crippen LogP) is 5.06. The van der Waals surface area contributed by atoms with Crippen molar-refractivity contribution in [2.75, 3.05) is 33.4 Å². The Bertz CT molecular complexity index is 793. The molecule has 0 aromatic heterocycles. The topological polar surface area (TPSA) is 52.1 Å². The number of allylic oxidation sites excluding steroid dienone is 1. The Kier molecular flexibility index (Phi) is 10.5. The van der Waals surface area contributed by atoms with Crippen LogP contribution in [0.15, 0.2) is 59.8 Å². The zero-order valence-electron chi connectivity index (χ0n) is 18.6. The lowest BCUT2D eigenvalue weighted by atomic mass is 10.1. The SMILES string of the molecule is C/C=C/COc1cc(C)c(OCCCCNCC(=NOC)c2ccccc2)c(C)c1. The molecule has 0 spiro atoms. The summed E-state index contributed by atoms with van der Waals surface area (Å²) >= 11 is 0. The molecule has 0 fully saturated rings. The van der Waals surface area contributed by atoms with E-state index >= 15 is 0 Å². The van der Waals surface area contributed by atoms with Gasteiger partial charge in [0.1, 0.15) is 30.9 Å². The number of nitrogens with zero attached hydrogens (tertiary/aromatic N) is 1. The minimum Gasteiger partial charge on any atom is -0.493 e. The molecule has 0 heterocycles. The van der Waals surface area contributed by atoms with Crippen molar-refractivity contribution in [3.8, 4) is 11.5 Å². The van der Waals surface area contributed by atoms with Gasteiger partial charge in [-0.15, -0.1) is 0 Å². The number of nitrogens with one attached hydrogen (secondary N) is 1. The van der Waals surface area contributed by atoms with Crippen molar-refractivity contribution >= 4 is 5.71 Å². The second-order valence-electron chi connectivity index (χ2n) is 7.09. The van der Waals surface area contributed by atoms with E-state index < -0.39 is 0 Å². The lowest BCUT2D eigenvalue weighted by Crippen LogP contribution is -2.25. The van der Waals surface area contributed by atoms with Crippen LogP contribution in [0.2, 0.25) is 0 Å². The van der Waals surface area contributed by atoms with Gasteiger partial charge in [0.2, 0.25) is 0 Å². The van der Waals surface area contributed by atoms with Crippen molar-refractivity contribution in [1.82, 2.24) is 5.32 Å². The molecule has 0 bridgehead atoms. The van der Waals surface area contributed by atoms with Crippen molar-refractivity contribution in [1.29, 1.82) is 0 Å². The number of hydrogen-bond donors (Lipinski definition) is 1. The molecule has 2 aromatic rings. The van der Waals surface area contributed by atoms with Gasteiger partial charge in [-0.3, -0.25) is 0 Å². The normalized spacial score (nSPS) is 11.7. The second kappa shape index (κ2) is 13.4. The van der Waals surface area contributed by atoms with Crippen molar-refractivity contribution in [2.24, 2.45) is 5.16 Å².